The molecular formula is C62H130O2. The maximum Gasteiger partial charge on any atom is 0.311 e. The molecule has 4 aliphatic carbocycles. The molecule has 4 rings (SSSR count). The van der Waals surface area contributed by atoms with Crippen LogP contribution in [0.15, 0.2) is 0 Å². The minimum atomic E-state index is -0.352. The monoisotopic (exact) mass is 907 g/mol. The van der Waals surface area contributed by atoms with Crippen LogP contribution in [0.1, 0.15) is 305 Å². The van der Waals surface area contributed by atoms with Gasteiger partial charge in [0.15, 0.2) is 0 Å². The highest BCUT2D eigenvalue weighted by molar-refractivity contribution is 5.75. The van der Waals surface area contributed by atoms with Crippen LogP contribution in [-0.4, -0.2) is 13.1 Å². The van der Waals surface area contributed by atoms with Crippen molar-refractivity contribution in [1.29, 1.82) is 0 Å². The van der Waals surface area contributed by atoms with Crippen molar-refractivity contribution in [2.45, 2.75) is 305 Å². The standard InChI is InChI=1S/C12H22.C10H20.C8H16O2.4C8H18/c1-11(2,3)12-7-4-10(5-8-12)6-9-12;1-5-10(7-6-8-10)9(2,3)4;1-6(2)8(3,4)7(9)10-5;1-7(2)6-8(3,4)5;1-7(2,3)8(4,5)6;2*1-6-8(4,5)7(2)3/h10H,4-9H2,1-3H3;5-8H2,1-4H3;6H,1-5H3;7H,6H2,1-5H3;1-6H3;2*7H,6H2,1-5H3. The molecule has 0 aromatic heterocycles. The quantitative estimate of drug-likeness (QED) is 0.227. The van der Waals surface area contributed by atoms with E-state index in [1.165, 1.54) is 90.6 Å². The van der Waals surface area contributed by atoms with Crippen molar-refractivity contribution in [3.8, 4) is 0 Å². The van der Waals surface area contributed by atoms with Crippen molar-refractivity contribution in [3.63, 3.8) is 0 Å². The summed E-state index contributed by atoms with van der Waals surface area (Å²) in [5.74, 6) is 3.76. The summed E-state index contributed by atoms with van der Waals surface area (Å²) in [6.45, 7) is 72.5. The Kier molecular flexibility index (Phi) is 30.9. The zero-order valence-electron chi connectivity index (χ0n) is 51.4. The van der Waals surface area contributed by atoms with Gasteiger partial charge in [-0.05, 0) is 156 Å². The molecule has 0 radical (unpaired) electrons. The molecule has 0 unspecified atom stereocenters. The van der Waals surface area contributed by atoms with Crippen molar-refractivity contribution >= 4 is 5.97 Å². The molecule has 64 heavy (non-hydrogen) atoms. The number of carbonyl (C=O) groups excluding carboxylic acids is 1. The van der Waals surface area contributed by atoms with Crippen molar-refractivity contribution in [1.82, 2.24) is 0 Å². The minimum Gasteiger partial charge on any atom is -0.469 e. The van der Waals surface area contributed by atoms with Gasteiger partial charge in [-0.1, -0.05) is 227 Å². The average Bonchev–Trinajstić information content (AvgIpc) is 3.10. The SMILES string of the molecule is CC(C)(C)C(C)(C)C.CC(C)(C)C12CCC(CC1)CC2.CC(C)CC(C)(C)C.CCC(C)(C)C(C)C.CCC(C)(C)C(C)C.CCC1(C(C)(C)C)CCC1.COC(=O)C(C)(C)C(C)C. The lowest BCUT2D eigenvalue weighted by Gasteiger charge is -2.54. The van der Waals surface area contributed by atoms with Crippen LogP contribution < -0.4 is 0 Å². The Morgan fingerprint density at radius 3 is 0.906 bits per heavy atom. The van der Waals surface area contributed by atoms with E-state index in [2.05, 4.69) is 199 Å². The summed E-state index contributed by atoms with van der Waals surface area (Å²) in [5.41, 5.74) is 4.65. The van der Waals surface area contributed by atoms with Gasteiger partial charge in [-0.3, -0.25) is 4.79 Å². The van der Waals surface area contributed by atoms with E-state index in [0.717, 1.165) is 29.1 Å². The third-order valence-corrected chi connectivity index (χ3v) is 18.6. The van der Waals surface area contributed by atoms with Crippen LogP contribution in [0.2, 0.25) is 0 Å². The normalized spacial score (nSPS) is 20.0. The van der Waals surface area contributed by atoms with Gasteiger partial charge in [-0.2, -0.15) is 0 Å². The third-order valence-electron chi connectivity index (χ3n) is 18.6. The van der Waals surface area contributed by atoms with Gasteiger partial charge >= 0.3 is 5.97 Å². The van der Waals surface area contributed by atoms with Gasteiger partial charge in [-0.25, -0.2) is 0 Å². The number of carbonyl (C=O) groups is 1. The highest BCUT2D eigenvalue weighted by Gasteiger charge is 2.47. The lowest BCUT2D eigenvalue weighted by molar-refractivity contribution is -0.153. The van der Waals surface area contributed by atoms with E-state index in [0.29, 0.717) is 49.2 Å². The zero-order valence-corrected chi connectivity index (χ0v) is 51.4. The van der Waals surface area contributed by atoms with Gasteiger partial charge < -0.3 is 4.74 Å². The summed E-state index contributed by atoms with van der Waals surface area (Å²) < 4.78 is 4.64. The van der Waals surface area contributed by atoms with Gasteiger partial charge in [0.05, 0.1) is 12.5 Å². The molecule has 0 spiro atoms. The van der Waals surface area contributed by atoms with Gasteiger partial charge in [0.1, 0.15) is 0 Å². The van der Waals surface area contributed by atoms with E-state index in [1.807, 2.05) is 27.7 Å². The van der Waals surface area contributed by atoms with E-state index in [9.17, 15) is 4.79 Å². The molecule has 4 aliphatic rings. The average molecular weight is 908 g/mol. The van der Waals surface area contributed by atoms with Crippen LogP contribution in [0.4, 0.5) is 0 Å². The summed E-state index contributed by atoms with van der Waals surface area (Å²) in [6.07, 6.45) is 18.8. The highest BCUT2D eigenvalue weighted by Crippen LogP contribution is 2.59. The Bertz CT molecular complexity index is 1120. The van der Waals surface area contributed by atoms with Crippen molar-refractivity contribution in [2.75, 3.05) is 7.11 Å². The summed E-state index contributed by atoms with van der Waals surface area (Å²) in [7, 11) is 1.42. The Labute approximate surface area is 409 Å². The van der Waals surface area contributed by atoms with Gasteiger partial charge in [0.25, 0.3) is 0 Å². The second-order valence-corrected chi connectivity index (χ2v) is 29.8. The van der Waals surface area contributed by atoms with E-state index in [1.54, 1.807) is 0 Å². The third kappa shape index (κ3) is 26.3. The molecule has 0 aromatic rings. The fourth-order valence-corrected chi connectivity index (χ4v) is 8.15. The smallest absolute Gasteiger partial charge is 0.311 e. The number of ether oxygens (including phenoxy) is 1. The molecule has 390 valence electrons. The van der Waals surface area contributed by atoms with Crippen LogP contribution in [0.25, 0.3) is 0 Å². The summed E-state index contributed by atoms with van der Waals surface area (Å²) >= 11 is 0. The first-order valence-electron chi connectivity index (χ1n) is 27.2. The van der Waals surface area contributed by atoms with Crippen molar-refractivity contribution in [2.24, 2.45) is 83.7 Å². The molecular weight excluding hydrogens is 777 g/mol. The fourth-order valence-electron chi connectivity index (χ4n) is 8.15. The first-order chi connectivity index (χ1) is 28.2. The molecule has 0 heterocycles. The van der Waals surface area contributed by atoms with E-state index >= 15 is 0 Å². The Balaban J connectivity index is -0.000000331. The van der Waals surface area contributed by atoms with E-state index < -0.39 is 0 Å². The Morgan fingerprint density at radius 1 is 0.516 bits per heavy atom. The highest BCUT2D eigenvalue weighted by atomic mass is 16.5. The predicted octanol–water partition coefficient (Wildman–Crippen LogP) is 21.8. The Hall–Kier alpha value is -0.530. The van der Waals surface area contributed by atoms with Crippen molar-refractivity contribution in [3.05, 3.63) is 0 Å². The number of methoxy groups -OCH3 is 1. The first-order valence-corrected chi connectivity index (χ1v) is 27.2. The molecule has 4 fully saturated rings. The lowest BCUT2D eigenvalue weighted by Crippen LogP contribution is -2.43. The lowest BCUT2D eigenvalue weighted by atomic mass is 9.51. The molecule has 2 heteroatoms. The van der Waals surface area contributed by atoms with E-state index in [4.69, 9.17) is 0 Å². The minimum absolute atomic E-state index is 0.137. The maximum atomic E-state index is 11.1. The van der Waals surface area contributed by atoms with Crippen LogP contribution >= 0.6 is 0 Å². The maximum absolute atomic E-state index is 11.1. The zero-order chi connectivity index (χ0) is 52.4. The Morgan fingerprint density at radius 2 is 0.844 bits per heavy atom. The second-order valence-electron chi connectivity index (χ2n) is 29.8. The molecule has 0 aromatic carbocycles. The topological polar surface area (TPSA) is 26.3 Å². The largest absolute Gasteiger partial charge is 0.469 e. The first kappa shape index (κ1) is 70.0. The molecule has 2 nitrogen and oxygen atoms in total. The summed E-state index contributed by atoms with van der Waals surface area (Å²) in [4.78, 5) is 11.1. The second kappa shape index (κ2) is 28.2. The molecule has 0 atom stereocenters. The van der Waals surface area contributed by atoms with Crippen molar-refractivity contribution < 1.29 is 9.53 Å². The molecule has 0 amide bonds. The predicted molar refractivity (Wildman–Crippen MR) is 295 cm³/mol. The van der Waals surface area contributed by atoms with Gasteiger partial charge in [-0.15, -0.1) is 0 Å². The molecule has 0 saturated heterocycles. The number of esters is 1. The molecule has 0 N–H and O–H groups in total. The molecule has 0 aliphatic heterocycles. The van der Waals surface area contributed by atoms with Crippen LogP contribution in [0, 0.1) is 83.7 Å². The fraction of sp³-hybridized carbons (Fsp3) is 0.984. The number of fused-ring (bicyclic) bond motifs is 3. The number of hydrogen-bond donors (Lipinski definition) is 0. The van der Waals surface area contributed by atoms with Crippen LogP contribution in [0.3, 0.4) is 0 Å². The summed E-state index contributed by atoms with van der Waals surface area (Å²) in [5, 5.41) is 0. The summed E-state index contributed by atoms with van der Waals surface area (Å²) in [6, 6.07) is 0. The number of hydrogen-bond acceptors (Lipinski definition) is 2. The van der Waals surface area contributed by atoms with Crippen LogP contribution in [-0.2, 0) is 9.53 Å². The van der Waals surface area contributed by atoms with Crippen LogP contribution in [0.5, 0.6) is 0 Å². The molecule has 4 saturated carbocycles. The number of rotatable bonds is 8. The van der Waals surface area contributed by atoms with Gasteiger partial charge in [0.2, 0.25) is 0 Å². The van der Waals surface area contributed by atoms with Gasteiger partial charge in [0, 0.05) is 0 Å². The molecule has 2 bridgehead atoms. The van der Waals surface area contributed by atoms with E-state index in [-0.39, 0.29) is 11.4 Å².